The van der Waals surface area contributed by atoms with E-state index in [2.05, 4.69) is 9.97 Å². The minimum Gasteiger partial charge on any atom is -0.390 e. The van der Waals surface area contributed by atoms with Crippen LogP contribution in [0.4, 0.5) is 5.82 Å². The average Bonchev–Trinajstić information content (AvgIpc) is 2.87. The molecule has 5 heteroatoms. The summed E-state index contributed by atoms with van der Waals surface area (Å²) in [4.78, 5) is 10.6. The van der Waals surface area contributed by atoms with Crippen LogP contribution in [0.5, 0.6) is 0 Å². The quantitative estimate of drug-likeness (QED) is 0.784. The number of imidazole rings is 1. The molecule has 0 aliphatic carbocycles. The molecule has 0 aromatic carbocycles. The molecule has 0 fully saturated rings. The van der Waals surface area contributed by atoms with Gasteiger partial charge in [0.2, 0.25) is 0 Å². The largest absolute Gasteiger partial charge is 0.390 e. The normalized spacial score (nSPS) is 10.9. The number of aliphatic hydroxyl groups is 1. The fourth-order valence-electron chi connectivity index (χ4n) is 2.32. The number of hydrogen-bond acceptors (Lipinski definition) is 4. The van der Waals surface area contributed by atoms with Gasteiger partial charge in [0.05, 0.1) is 12.3 Å². The van der Waals surface area contributed by atoms with E-state index in [1.165, 1.54) is 0 Å². The summed E-state index contributed by atoms with van der Waals surface area (Å²) in [5.74, 6) is 0.801. The van der Waals surface area contributed by atoms with Gasteiger partial charge in [0, 0.05) is 32.2 Å². The third-order valence-corrected chi connectivity index (χ3v) is 3.29. The van der Waals surface area contributed by atoms with Crippen molar-refractivity contribution in [3.8, 4) is 0 Å². The highest BCUT2D eigenvalue weighted by Gasteiger charge is 2.14. The first kappa shape index (κ1) is 12.6. The minimum absolute atomic E-state index is 0.0405. The second-order valence-electron chi connectivity index (χ2n) is 4.68. The molecule has 0 unspecified atom stereocenters. The van der Waals surface area contributed by atoms with E-state index >= 15 is 0 Å². The third kappa shape index (κ3) is 2.23. The van der Waals surface area contributed by atoms with Crippen molar-refractivity contribution in [1.82, 2.24) is 14.4 Å². The topological polar surface area (TPSA) is 53.7 Å². The maximum absolute atomic E-state index is 9.62. The Hall–Kier alpha value is -2.40. The Kier molecular flexibility index (Phi) is 3.35. The summed E-state index contributed by atoms with van der Waals surface area (Å²) in [6.07, 6.45) is 5.47. The molecule has 0 spiro atoms. The second kappa shape index (κ2) is 5.30. The standard InChI is InChI=1S/C15H16N4O/c1-18(10-12-5-7-16-8-6-12)15-13(11-20)19-9-3-2-4-14(19)17-15/h2-9,20H,10-11H2,1H3. The minimum atomic E-state index is -0.0405. The van der Waals surface area contributed by atoms with Crippen molar-refractivity contribution in [2.24, 2.45) is 0 Å². The van der Waals surface area contributed by atoms with Gasteiger partial charge in [-0.3, -0.25) is 9.38 Å². The molecule has 3 rings (SSSR count). The van der Waals surface area contributed by atoms with Crippen LogP contribution in [0.2, 0.25) is 0 Å². The summed E-state index contributed by atoms with van der Waals surface area (Å²) < 4.78 is 1.92. The Balaban J connectivity index is 1.97. The Morgan fingerprint density at radius 2 is 2.00 bits per heavy atom. The van der Waals surface area contributed by atoms with Gasteiger partial charge in [0.25, 0.3) is 0 Å². The lowest BCUT2D eigenvalue weighted by atomic mass is 10.2. The summed E-state index contributed by atoms with van der Waals surface area (Å²) in [7, 11) is 1.97. The molecule has 5 nitrogen and oxygen atoms in total. The zero-order chi connectivity index (χ0) is 13.9. The van der Waals surface area contributed by atoms with Crippen LogP contribution in [0.15, 0.2) is 48.9 Å². The predicted molar refractivity (Wildman–Crippen MR) is 77.5 cm³/mol. The van der Waals surface area contributed by atoms with Crippen molar-refractivity contribution < 1.29 is 5.11 Å². The van der Waals surface area contributed by atoms with E-state index in [4.69, 9.17) is 0 Å². The van der Waals surface area contributed by atoms with Crippen LogP contribution in [0.3, 0.4) is 0 Å². The molecular formula is C15H16N4O. The van der Waals surface area contributed by atoms with Gasteiger partial charge < -0.3 is 10.0 Å². The summed E-state index contributed by atoms with van der Waals surface area (Å²) in [5.41, 5.74) is 2.80. The molecule has 0 radical (unpaired) electrons. The van der Waals surface area contributed by atoms with Gasteiger partial charge in [-0.2, -0.15) is 0 Å². The summed E-state index contributed by atoms with van der Waals surface area (Å²) in [5, 5.41) is 9.62. The SMILES string of the molecule is CN(Cc1ccncc1)c1nc2ccccn2c1CO. The van der Waals surface area contributed by atoms with Crippen LogP contribution in [0.1, 0.15) is 11.3 Å². The molecule has 0 aliphatic rings. The van der Waals surface area contributed by atoms with Gasteiger partial charge in [-0.25, -0.2) is 4.98 Å². The second-order valence-corrected chi connectivity index (χ2v) is 4.68. The zero-order valence-electron chi connectivity index (χ0n) is 11.3. The van der Waals surface area contributed by atoms with Gasteiger partial charge in [0.15, 0.2) is 5.82 Å². The summed E-state index contributed by atoms with van der Waals surface area (Å²) in [6.45, 7) is 0.681. The molecule has 3 aromatic heterocycles. The molecule has 0 atom stereocenters. The van der Waals surface area contributed by atoms with Crippen molar-refractivity contribution in [2.75, 3.05) is 11.9 Å². The third-order valence-electron chi connectivity index (χ3n) is 3.29. The van der Waals surface area contributed by atoms with Gasteiger partial charge in [-0.15, -0.1) is 0 Å². The molecule has 0 saturated carbocycles. The van der Waals surface area contributed by atoms with Crippen LogP contribution < -0.4 is 4.90 Å². The first-order chi connectivity index (χ1) is 9.79. The molecule has 102 valence electrons. The maximum atomic E-state index is 9.62. The average molecular weight is 268 g/mol. The summed E-state index contributed by atoms with van der Waals surface area (Å²) >= 11 is 0. The van der Waals surface area contributed by atoms with E-state index in [1.54, 1.807) is 12.4 Å². The fourth-order valence-corrected chi connectivity index (χ4v) is 2.32. The van der Waals surface area contributed by atoms with Crippen LogP contribution >= 0.6 is 0 Å². The Morgan fingerprint density at radius 3 is 2.75 bits per heavy atom. The highest BCUT2D eigenvalue weighted by molar-refractivity contribution is 5.55. The number of fused-ring (bicyclic) bond motifs is 1. The summed E-state index contributed by atoms with van der Waals surface area (Å²) in [6, 6.07) is 9.76. The first-order valence-electron chi connectivity index (χ1n) is 6.46. The van der Waals surface area contributed by atoms with Crippen molar-refractivity contribution in [2.45, 2.75) is 13.2 Å². The number of rotatable bonds is 4. The van der Waals surface area contributed by atoms with E-state index < -0.39 is 0 Å². The molecule has 1 N–H and O–H groups in total. The number of aliphatic hydroxyl groups excluding tert-OH is 1. The molecular weight excluding hydrogens is 252 g/mol. The van der Waals surface area contributed by atoms with Crippen molar-refractivity contribution >= 4 is 11.5 Å². The lowest BCUT2D eigenvalue weighted by Gasteiger charge is -2.17. The monoisotopic (exact) mass is 268 g/mol. The first-order valence-corrected chi connectivity index (χ1v) is 6.46. The molecule has 0 aliphatic heterocycles. The van der Waals surface area contributed by atoms with E-state index in [0.717, 1.165) is 29.3 Å². The highest BCUT2D eigenvalue weighted by atomic mass is 16.3. The Morgan fingerprint density at radius 1 is 1.20 bits per heavy atom. The highest BCUT2D eigenvalue weighted by Crippen LogP contribution is 2.22. The number of pyridine rings is 2. The number of anilines is 1. The lowest BCUT2D eigenvalue weighted by molar-refractivity contribution is 0.276. The van der Waals surface area contributed by atoms with E-state index in [1.807, 2.05) is 52.9 Å². The van der Waals surface area contributed by atoms with Crippen LogP contribution in [0.25, 0.3) is 5.65 Å². The zero-order valence-corrected chi connectivity index (χ0v) is 11.3. The van der Waals surface area contributed by atoms with Gasteiger partial charge in [0.1, 0.15) is 5.65 Å². The van der Waals surface area contributed by atoms with Gasteiger partial charge in [-0.1, -0.05) is 6.07 Å². The number of aromatic nitrogens is 3. The molecule has 0 saturated heterocycles. The molecule has 3 heterocycles. The maximum Gasteiger partial charge on any atom is 0.153 e. The van der Waals surface area contributed by atoms with Crippen LogP contribution in [0, 0.1) is 0 Å². The fraction of sp³-hybridized carbons (Fsp3) is 0.200. The van der Waals surface area contributed by atoms with E-state index in [9.17, 15) is 5.11 Å². The lowest BCUT2D eigenvalue weighted by Crippen LogP contribution is -2.18. The van der Waals surface area contributed by atoms with Crippen molar-refractivity contribution in [3.63, 3.8) is 0 Å². The van der Waals surface area contributed by atoms with Crippen LogP contribution in [-0.4, -0.2) is 26.5 Å². The number of nitrogens with zero attached hydrogens (tertiary/aromatic N) is 4. The molecule has 3 aromatic rings. The molecule has 20 heavy (non-hydrogen) atoms. The van der Waals surface area contributed by atoms with Gasteiger partial charge >= 0.3 is 0 Å². The molecule has 0 bridgehead atoms. The smallest absolute Gasteiger partial charge is 0.153 e. The van der Waals surface area contributed by atoms with Crippen molar-refractivity contribution in [1.29, 1.82) is 0 Å². The molecule has 0 amide bonds. The Labute approximate surface area is 117 Å². The van der Waals surface area contributed by atoms with Gasteiger partial charge in [-0.05, 0) is 29.8 Å². The predicted octanol–water partition coefficient (Wildman–Crippen LogP) is 1.86. The Bertz CT molecular complexity index is 708. The van der Waals surface area contributed by atoms with E-state index in [-0.39, 0.29) is 6.61 Å². The number of hydrogen-bond donors (Lipinski definition) is 1. The van der Waals surface area contributed by atoms with E-state index in [0.29, 0.717) is 0 Å². The van der Waals surface area contributed by atoms with Crippen LogP contribution in [-0.2, 0) is 13.2 Å². The van der Waals surface area contributed by atoms with Crippen molar-refractivity contribution in [3.05, 3.63) is 60.2 Å².